The summed E-state index contributed by atoms with van der Waals surface area (Å²) in [7, 11) is 3.15. The van der Waals surface area contributed by atoms with Crippen LogP contribution in [0.2, 0.25) is 10.2 Å². The Hall–Kier alpha value is -2.04. The highest BCUT2D eigenvalue weighted by atomic mass is 35.5. The van der Waals surface area contributed by atoms with Crippen molar-refractivity contribution in [2.45, 2.75) is 0 Å². The van der Waals surface area contributed by atoms with E-state index in [2.05, 4.69) is 9.97 Å². The van der Waals surface area contributed by atoms with E-state index in [1.807, 2.05) is 12.1 Å². The minimum atomic E-state index is 0.357. The van der Waals surface area contributed by atoms with Gasteiger partial charge in [-0.25, -0.2) is 9.97 Å². The van der Waals surface area contributed by atoms with E-state index in [1.54, 1.807) is 38.5 Å². The van der Waals surface area contributed by atoms with E-state index >= 15 is 0 Å². The molecule has 0 bridgehead atoms. The van der Waals surface area contributed by atoms with Gasteiger partial charge >= 0.3 is 0 Å². The molecule has 0 saturated heterocycles. The third-order valence-corrected chi connectivity index (χ3v) is 3.80. The third-order valence-electron chi connectivity index (χ3n) is 3.26. The minimum Gasteiger partial charge on any atom is -0.493 e. The predicted molar refractivity (Wildman–Crippen MR) is 88.1 cm³/mol. The summed E-state index contributed by atoms with van der Waals surface area (Å²) in [6.07, 6.45) is 0. The molecule has 1 heterocycles. The predicted octanol–water partition coefficient (Wildman–Crippen LogP) is 4.62. The Morgan fingerprint density at radius 1 is 0.864 bits per heavy atom. The quantitative estimate of drug-likeness (QED) is 0.655. The lowest BCUT2D eigenvalue weighted by molar-refractivity contribution is 0.356. The lowest BCUT2D eigenvalue weighted by atomic mass is 10.2. The maximum Gasteiger partial charge on any atom is 0.162 e. The number of hydrogen-bond acceptors (Lipinski definition) is 4. The van der Waals surface area contributed by atoms with Crippen LogP contribution in [0.25, 0.3) is 22.3 Å². The Labute approximate surface area is 137 Å². The smallest absolute Gasteiger partial charge is 0.162 e. The average Bonchev–Trinajstić information content (AvgIpc) is 2.54. The van der Waals surface area contributed by atoms with Crippen LogP contribution in [0.3, 0.4) is 0 Å². The molecule has 0 N–H and O–H groups in total. The molecule has 1 aromatic heterocycles. The molecule has 22 heavy (non-hydrogen) atoms. The van der Waals surface area contributed by atoms with E-state index in [0.29, 0.717) is 38.4 Å². The van der Waals surface area contributed by atoms with Gasteiger partial charge in [0.15, 0.2) is 17.3 Å². The largest absolute Gasteiger partial charge is 0.493 e. The van der Waals surface area contributed by atoms with Crippen LogP contribution in [0.4, 0.5) is 0 Å². The summed E-state index contributed by atoms with van der Waals surface area (Å²) >= 11 is 12.2. The second-order valence-electron chi connectivity index (χ2n) is 4.57. The fraction of sp³-hybridized carbons (Fsp3) is 0.125. The van der Waals surface area contributed by atoms with Gasteiger partial charge in [-0.2, -0.15) is 0 Å². The number of ether oxygens (including phenoxy) is 2. The molecule has 0 saturated carbocycles. The van der Waals surface area contributed by atoms with Crippen molar-refractivity contribution < 1.29 is 9.47 Å². The van der Waals surface area contributed by atoms with Crippen LogP contribution < -0.4 is 9.47 Å². The van der Waals surface area contributed by atoms with Crippen molar-refractivity contribution in [3.05, 3.63) is 46.6 Å². The van der Waals surface area contributed by atoms with Crippen molar-refractivity contribution in [1.82, 2.24) is 9.97 Å². The molecule has 0 aliphatic carbocycles. The summed E-state index contributed by atoms with van der Waals surface area (Å²) in [5.41, 5.74) is 1.52. The van der Waals surface area contributed by atoms with Crippen LogP contribution >= 0.6 is 23.2 Å². The summed E-state index contributed by atoms with van der Waals surface area (Å²) in [6, 6.07) is 10.8. The van der Waals surface area contributed by atoms with Gasteiger partial charge in [0.25, 0.3) is 0 Å². The highest BCUT2D eigenvalue weighted by Crippen LogP contribution is 2.35. The first kappa shape index (κ1) is 14.9. The number of benzene rings is 2. The zero-order valence-electron chi connectivity index (χ0n) is 11.9. The number of halogens is 2. The zero-order chi connectivity index (χ0) is 15.7. The van der Waals surface area contributed by atoms with Crippen molar-refractivity contribution in [3.63, 3.8) is 0 Å². The summed E-state index contributed by atoms with van der Waals surface area (Å²) in [6.45, 7) is 0. The van der Waals surface area contributed by atoms with Gasteiger partial charge in [-0.15, -0.1) is 0 Å². The van der Waals surface area contributed by atoms with Crippen LogP contribution in [-0.2, 0) is 0 Å². The molecule has 0 fully saturated rings. The first-order chi connectivity index (χ1) is 10.6. The van der Waals surface area contributed by atoms with Gasteiger partial charge in [-0.05, 0) is 30.3 Å². The van der Waals surface area contributed by atoms with E-state index < -0.39 is 0 Å². The fourth-order valence-electron chi connectivity index (χ4n) is 2.15. The van der Waals surface area contributed by atoms with Crippen LogP contribution in [0.15, 0.2) is 36.4 Å². The van der Waals surface area contributed by atoms with Gasteiger partial charge in [-0.3, -0.25) is 0 Å². The van der Waals surface area contributed by atoms with Gasteiger partial charge in [0.2, 0.25) is 0 Å². The first-order valence-electron chi connectivity index (χ1n) is 6.47. The Morgan fingerprint density at radius 3 is 2.14 bits per heavy atom. The molecule has 0 unspecified atom stereocenters. The van der Waals surface area contributed by atoms with Crippen molar-refractivity contribution in [2.24, 2.45) is 0 Å². The lowest BCUT2D eigenvalue weighted by Crippen LogP contribution is -1.95. The Morgan fingerprint density at radius 2 is 1.50 bits per heavy atom. The summed E-state index contributed by atoms with van der Waals surface area (Å²) in [5.74, 6) is 1.70. The fourth-order valence-corrected chi connectivity index (χ4v) is 2.50. The Balaban J connectivity index is 2.21. The number of nitrogens with zero attached hydrogens (tertiary/aromatic N) is 2. The van der Waals surface area contributed by atoms with E-state index in [9.17, 15) is 0 Å². The molecular weight excluding hydrogens is 323 g/mol. The molecule has 6 heteroatoms. The van der Waals surface area contributed by atoms with Crippen LogP contribution in [-0.4, -0.2) is 24.2 Å². The van der Waals surface area contributed by atoms with Crippen molar-refractivity contribution in [3.8, 4) is 22.9 Å². The molecule has 0 atom stereocenters. The summed E-state index contributed by atoms with van der Waals surface area (Å²) in [5, 5.41) is 1.72. The number of hydrogen-bond donors (Lipinski definition) is 0. The second kappa shape index (κ2) is 5.99. The van der Waals surface area contributed by atoms with Crippen LogP contribution in [0, 0.1) is 0 Å². The van der Waals surface area contributed by atoms with Crippen molar-refractivity contribution >= 4 is 34.1 Å². The SMILES string of the molecule is COc1cc2nc(-c3ccc(Cl)cc3)nc(Cl)c2cc1OC. The Bertz CT molecular complexity index is 836. The Kier molecular flexibility index (Phi) is 4.05. The van der Waals surface area contributed by atoms with Gasteiger partial charge in [0.05, 0.1) is 19.7 Å². The van der Waals surface area contributed by atoms with Gasteiger partial charge in [0.1, 0.15) is 5.15 Å². The highest BCUT2D eigenvalue weighted by molar-refractivity contribution is 6.34. The average molecular weight is 335 g/mol. The molecule has 0 amide bonds. The van der Waals surface area contributed by atoms with E-state index in [1.165, 1.54) is 0 Å². The normalized spacial score (nSPS) is 10.7. The third kappa shape index (κ3) is 2.67. The van der Waals surface area contributed by atoms with Gasteiger partial charge in [0, 0.05) is 22.0 Å². The minimum absolute atomic E-state index is 0.357. The second-order valence-corrected chi connectivity index (χ2v) is 5.36. The van der Waals surface area contributed by atoms with Crippen molar-refractivity contribution in [1.29, 1.82) is 0 Å². The molecular formula is C16H12Cl2N2O2. The summed E-state index contributed by atoms with van der Waals surface area (Å²) < 4.78 is 10.6. The standard InChI is InChI=1S/C16H12Cl2N2O2/c1-21-13-7-11-12(8-14(13)22-2)19-16(20-15(11)18)9-3-5-10(17)6-4-9/h3-8H,1-2H3. The van der Waals surface area contributed by atoms with E-state index in [0.717, 1.165) is 5.56 Å². The highest BCUT2D eigenvalue weighted by Gasteiger charge is 2.13. The lowest BCUT2D eigenvalue weighted by Gasteiger charge is -2.10. The molecule has 4 nitrogen and oxygen atoms in total. The monoisotopic (exact) mass is 334 g/mol. The molecule has 0 spiro atoms. The van der Waals surface area contributed by atoms with Crippen molar-refractivity contribution in [2.75, 3.05) is 14.2 Å². The van der Waals surface area contributed by atoms with Gasteiger partial charge in [-0.1, -0.05) is 23.2 Å². The number of aromatic nitrogens is 2. The molecule has 3 rings (SSSR count). The number of fused-ring (bicyclic) bond motifs is 1. The first-order valence-corrected chi connectivity index (χ1v) is 7.23. The zero-order valence-corrected chi connectivity index (χ0v) is 13.4. The number of rotatable bonds is 3. The summed E-state index contributed by atoms with van der Waals surface area (Å²) in [4.78, 5) is 8.89. The van der Waals surface area contributed by atoms with E-state index in [4.69, 9.17) is 32.7 Å². The molecule has 0 radical (unpaired) electrons. The number of methoxy groups -OCH3 is 2. The molecule has 112 valence electrons. The topological polar surface area (TPSA) is 44.2 Å². The molecule has 0 aliphatic rings. The maximum atomic E-state index is 6.29. The van der Waals surface area contributed by atoms with Crippen LogP contribution in [0.5, 0.6) is 11.5 Å². The molecule has 0 aliphatic heterocycles. The van der Waals surface area contributed by atoms with Crippen LogP contribution in [0.1, 0.15) is 0 Å². The molecule has 3 aromatic rings. The maximum absolute atomic E-state index is 6.29. The molecule has 2 aromatic carbocycles. The van der Waals surface area contributed by atoms with Gasteiger partial charge < -0.3 is 9.47 Å². The van der Waals surface area contributed by atoms with E-state index in [-0.39, 0.29) is 0 Å².